The SMILES string of the molecule is OC(Cc1ccc(F)c(Cl)c1)C1CC1. The van der Waals surface area contributed by atoms with Crippen LogP contribution in [0.15, 0.2) is 18.2 Å². The molecule has 0 saturated heterocycles. The fourth-order valence-corrected chi connectivity index (χ4v) is 1.76. The zero-order valence-electron chi connectivity index (χ0n) is 7.71. The van der Waals surface area contributed by atoms with Crippen molar-refractivity contribution in [3.05, 3.63) is 34.6 Å². The highest BCUT2D eigenvalue weighted by Crippen LogP contribution is 2.34. The molecule has 1 aliphatic rings. The van der Waals surface area contributed by atoms with Crippen LogP contribution in [0.2, 0.25) is 5.02 Å². The summed E-state index contributed by atoms with van der Waals surface area (Å²) in [5, 5.41) is 9.80. The topological polar surface area (TPSA) is 20.2 Å². The Hall–Kier alpha value is -0.600. The molecule has 0 radical (unpaired) electrons. The highest BCUT2D eigenvalue weighted by Gasteiger charge is 2.29. The standard InChI is InChI=1S/C11H12ClFO/c12-9-5-7(1-4-10(9)13)6-11(14)8-2-3-8/h1,4-5,8,11,14H,2-3,6H2. The highest BCUT2D eigenvalue weighted by molar-refractivity contribution is 6.30. The van der Waals surface area contributed by atoms with Crippen LogP contribution >= 0.6 is 11.6 Å². The van der Waals surface area contributed by atoms with Crippen molar-refractivity contribution in [2.75, 3.05) is 0 Å². The van der Waals surface area contributed by atoms with Crippen LogP contribution in [-0.2, 0) is 6.42 Å². The summed E-state index contributed by atoms with van der Waals surface area (Å²) in [5.74, 6) is 0.0372. The van der Waals surface area contributed by atoms with E-state index in [2.05, 4.69) is 0 Å². The molecule has 0 aliphatic heterocycles. The van der Waals surface area contributed by atoms with Gasteiger partial charge in [-0.3, -0.25) is 0 Å². The molecule has 1 fully saturated rings. The quantitative estimate of drug-likeness (QED) is 0.821. The van der Waals surface area contributed by atoms with E-state index < -0.39 is 5.82 Å². The third-order valence-corrected chi connectivity index (χ3v) is 2.88. The van der Waals surface area contributed by atoms with Crippen LogP contribution in [0.5, 0.6) is 0 Å². The van der Waals surface area contributed by atoms with E-state index in [0.29, 0.717) is 12.3 Å². The third-order valence-electron chi connectivity index (χ3n) is 2.60. The molecule has 0 amide bonds. The number of benzene rings is 1. The van der Waals surface area contributed by atoms with Gasteiger partial charge in [-0.25, -0.2) is 4.39 Å². The van der Waals surface area contributed by atoms with Crippen LogP contribution in [0, 0.1) is 11.7 Å². The van der Waals surface area contributed by atoms with E-state index in [0.717, 1.165) is 18.4 Å². The summed E-state index contributed by atoms with van der Waals surface area (Å²) in [4.78, 5) is 0. The second-order valence-electron chi connectivity index (χ2n) is 3.86. The molecule has 1 aromatic carbocycles. The summed E-state index contributed by atoms with van der Waals surface area (Å²) in [6.07, 6.45) is 2.49. The molecule has 0 spiro atoms. The van der Waals surface area contributed by atoms with E-state index in [1.807, 2.05) is 0 Å². The second-order valence-corrected chi connectivity index (χ2v) is 4.26. The molecular weight excluding hydrogens is 203 g/mol. The first kappa shape index (κ1) is 9.94. The maximum Gasteiger partial charge on any atom is 0.141 e. The zero-order chi connectivity index (χ0) is 10.1. The molecule has 14 heavy (non-hydrogen) atoms. The average Bonchev–Trinajstić information content (AvgIpc) is 2.94. The lowest BCUT2D eigenvalue weighted by atomic mass is 10.0. The van der Waals surface area contributed by atoms with Crippen molar-refractivity contribution in [2.24, 2.45) is 5.92 Å². The predicted molar refractivity (Wildman–Crippen MR) is 53.8 cm³/mol. The lowest BCUT2D eigenvalue weighted by Crippen LogP contribution is -2.12. The van der Waals surface area contributed by atoms with Gasteiger partial charge in [-0.05, 0) is 42.9 Å². The van der Waals surface area contributed by atoms with Gasteiger partial charge in [0, 0.05) is 0 Å². The first-order valence-corrected chi connectivity index (χ1v) is 5.16. The first-order valence-electron chi connectivity index (χ1n) is 4.79. The van der Waals surface area contributed by atoms with Crippen molar-refractivity contribution in [3.8, 4) is 0 Å². The monoisotopic (exact) mass is 214 g/mol. The molecular formula is C11H12ClFO. The number of hydrogen-bond donors (Lipinski definition) is 1. The van der Waals surface area contributed by atoms with E-state index in [1.54, 1.807) is 12.1 Å². The summed E-state index contributed by atoms with van der Waals surface area (Å²) in [6, 6.07) is 4.60. The van der Waals surface area contributed by atoms with Gasteiger partial charge in [-0.2, -0.15) is 0 Å². The molecule has 0 bridgehead atoms. The van der Waals surface area contributed by atoms with Gasteiger partial charge in [0.2, 0.25) is 0 Å². The van der Waals surface area contributed by atoms with Gasteiger partial charge in [-0.15, -0.1) is 0 Å². The van der Waals surface area contributed by atoms with Gasteiger partial charge in [0.05, 0.1) is 11.1 Å². The Kier molecular flexibility index (Phi) is 2.75. The lowest BCUT2D eigenvalue weighted by Gasteiger charge is -2.09. The van der Waals surface area contributed by atoms with Gasteiger partial charge >= 0.3 is 0 Å². The number of rotatable bonds is 3. The summed E-state index contributed by atoms with van der Waals surface area (Å²) in [5.41, 5.74) is 0.899. The molecule has 1 N–H and O–H groups in total. The van der Waals surface area contributed by atoms with Gasteiger partial charge in [-0.1, -0.05) is 17.7 Å². The Morgan fingerprint density at radius 3 is 2.79 bits per heavy atom. The van der Waals surface area contributed by atoms with E-state index >= 15 is 0 Å². The Labute approximate surface area is 87.5 Å². The van der Waals surface area contributed by atoms with Gasteiger partial charge < -0.3 is 5.11 Å². The van der Waals surface area contributed by atoms with Crippen molar-refractivity contribution in [1.82, 2.24) is 0 Å². The van der Waals surface area contributed by atoms with Crippen LogP contribution in [0.1, 0.15) is 18.4 Å². The van der Waals surface area contributed by atoms with Crippen molar-refractivity contribution in [1.29, 1.82) is 0 Å². The summed E-state index contributed by atoms with van der Waals surface area (Å²) in [6.45, 7) is 0. The van der Waals surface area contributed by atoms with E-state index in [4.69, 9.17) is 11.6 Å². The second kappa shape index (κ2) is 3.87. The van der Waals surface area contributed by atoms with Crippen molar-refractivity contribution >= 4 is 11.6 Å². The third kappa shape index (κ3) is 2.25. The van der Waals surface area contributed by atoms with Crippen LogP contribution in [0.4, 0.5) is 4.39 Å². The lowest BCUT2D eigenvalue weighted by molar-refractivity contribution is 0.151. The van der Waals surface area contributed by atoms with E-state index in [1.165, 1.54) is 6.07 Å². The molecule has 1 aliphatic carbocycles. The van der Waals surface area contributed by atoms with E-state index in [-0.39, 0.29) is 11.1 Å². The molecule has 2 rings (SSSR count). The molecule has 1 aromatic rings. The normalized spacial score (nSPS) is 18.2. The Morgan fingerprint density at radius 2 is 2.21 bits per heavy atom. The fraction of sp³-hybridized carbons (Fsp3) is 0.455. The average molecular weight is 215 g/mol. The summed E-state index contributed by atoms with van der Waals surface area (Å²) >= 11 is 5.64. The minimum absolute atomic E-state index is 0.130. The fourth-order valence-electron chi connectivity index (χ4n) is 1.56. The molecule has 1 nitrogen and oxygen atoms in total. The number of halogens is 2. The van der Waals surface area contributed by atoms with Crippen molar-refractivity contribution < 1.29 is 9.50 Å². The van der Waals surface area contributed by atoms with Gasteiger partial charge in [0.25, 0.3) is 0 Å². The van der Waals surface area contributed by atoms with Crippen molar-refractivity contribution in [2.45, 2.75) is 25.4 Å². The Bertz CT molecular complexity index is 336. The van der Waals surface area contributed by atoms with Crippen LogP contribution in [0.3, 0.4) is 0 Å². The molecule has 0 aromatic heterocycles. The van der Waals surface area contributed by atoms with Crippen LogP contribution < -0.4 is 0 Å². The zero-order valence-corrected chi connectivity index (χ0v) is 8.47. The Morgan fingerprint density at radius 1 is 1.50 bits per heavy atom. The number of aliphatic hydroxyl groups is 1. The molecule has 1 saturated carbocycles. The van der Waals surface area contributed by atoms with E-state index in [9.17, 15) is 9.50 Å². The first-order chi connectivity index (χ1) is 6.66. The minimum Gasteiger partial charge on any atom is -0.392 e. The predicted octanol–water partition coefficient (Wildman–Crippen LogP) is 2.79. The smallest absolute Gasteiger partial charge is 0.141 e. The van der Waals surface area contributed by atoms with Crippen molar-refractivity contribution in [3.63, 3.8) is 0 Å². The van der Waals surface area contributed by atoms with Crippen LogP contribution in [0.25, 0.3) is 0 Å². The molecule has 0 heterocycles. The number of hydrogen-bond acceptors (Lipinski definition) is 1. The maximum absolute atomic E-state index is 12.8. The van der Waals surface area contributed by atoms with Gasteiger partial charge in [0.1, 0.15) is 5.82 Å². The maximum atomic E-state index is 12.8. The summed E-state index contributed by atoms with van der Waals surface area (Å²) < 4.78 is 12.8. The molecule has 76 valence electrons. The number of aliphatic hydroxyl groups excluding tert-OH is 1. The highest BCUT2D eigenvalue weighted by atomic mass is 35.5. The minimum atomic E-state index is -0.406. The van der Waals surface area contributed by atoms with Gasteiger partial charge in [0.15, 0.2) is 0 Å². The molecule has 1 atom stereocenters. The molecule has 3 heteroatoms. The molecule has 1 unspecified atom stereocenters. The Balaban J connectivity index is 2.04. The largest absolute Gasteiger partial charge is 0.392 e. The summed E-state index contributed by atoms with van der Waals surface area (Å²) in [7, 11) is 0. The van der Waals surface area contributed by atoms with Crippen LogP contribution in [-0.4, -0.2) is 11.2 Å².